The third kappa shape index (κ3) is 4.64. The van der Waals surface area contributed by atoms with Crippen LogP contribution in [0, 0.1) is 23.6 Å². The highest BCUT2D eigenvalue weighted by Crippen LogP contribution is 2.39. The van der Waals surface area contributed by atoms with Gasteiger partial charge in [-0.3, -0.25) is 0 Å². The summed E-state index contributed by atoms with van der Waals surface area (Å²) in [5.74, 6) is 8.25. The van der Waals surface area contributed by atoms with E-state index in [1.54, 1.807) is 0 Å². The van der Waals surface area contributed by atoms with Gasteiger partial charge < -0.3 is 24.6 Å². The van der Waals surface area contributed by atoms with Gasteiger partial charge in [-0.25, -0.2) is 4.39 Å². The number of fused-ring (bicyclic) bond motifs is 1. The lowest BCUT2D eigenvalue weighted by atomic mass is 9.81. The van der Waals surface area contributed by atoms with Crippen molar-refractivity contribution in [1.29, 1.82) is 0 Å². The zero-order valence-corrected chi connectivity index (χ0v) is 16.1. The first-order valence-corrected chi connectivity index (χ1v) is 9.87. The highest BCUT2D eigenvalue weighted by molar-refractivity contribution is 5.57. The molecule has 0 bridgehead atoms. The third-order valence-corrected chi connectivity index (χ3v) is 5.29. The fraction of sp³-hybridized carbons (Fsp3) is 0.391. The molecule has 1 saturated heterocycles. The van der Waals surface area contributed by atoms with E-state index in [1.165, 1.54) is 12.1 Å². The summed E-state index contributed by atoms with van der Waals surface area (Å²) < 4.78 is 30.4. The lowest BCUT2D eigenvalue weighted by Gasteiger charge is -2.32. The number of halogens is 1. The lowest BCUT2D eigenvalue weighted by Crippen LogP contribution is -2.38. The highest BCUT2D eigenvalue weighted by atomic mass is 19.1. The first-order chi connectivity index (χ1) is 14.2. The average molecular weight is 397 g/mol. The zero-order chi connectivity index (χ0) is 20.1. The number of ether oxygens (including phenoxy) is 3. The number of rotatable bonds is 5. The van der Waals surface area contributed by atoms with Gasteiger partial charge in [0, 0.05) is 31.0 Å². The SMILES string of the molecule is OCCC#Cc1cc2c(cc1OC[C@@H]1CNCC[C@H]1c1ccc(F)cc1)OCO2. The molecular weight excluding hydrogens is 373 g/mol. The smallest absolute Gasteiger partial charge is 0.231 e. The summed E-state index contributed by atoms with van der Waals surface area (Å²) in [5.41, 5.74) is 1.85. The number of aliphatic hydroxyl groups is 1. The second kappa shape index (κ2) is 9.17. The van der Waals surface area contributed by atoms with Crippen LogP contribution >= 0.6 is 0 Å². The molecule has 4 rings (SSSR count). The molecule has 0 amide bonds. The third-order valence-electron chi connectivity index (χ3n) is 5.29. The quantitative estimate of drug-likeness (QED) is 0.760. The Morgan fingerprint density at radius 2 is 1.97 bits per heavy atom. The summed E-state index contributed by atoms with van der Waals surface area (Å²) in [6, 6.07) is 10.4. The molecule has 152 valence electrons. The van der Waals surface area contributed by atoms with Gasteiger partial charge in [0.15, 0.2) is 11.5 Å². The van der Waals surface area contributed by atoms with E-state index in [4.69, 9.17) is 19.3 Å². The van der Waals surface area contributed by atoms with Gasteiger partial charge in [-0.05, 0) is 36.6 Å². The van der Waals surface area contributed by atoms with Crippen LogP contribution < -0.4 is 19.5 Å². The Kier molecular flexibility index (Phi) is 6.18. The van der Waals surface area contributed by atoms with Crippen LogP contribution in [-0.2, 0) is 0 Å². The molecule has 1 fully saturated rings. The van der Waals surface area contributed by atoms with Crippen LogP contribution in [0.25, 0.3) is 0 Å². The molecule has 2 aromatic carbocycles. The van der Waals surface area contributed by atoms with Crippen molar-refractivity contribution in [2.24, 2.45) is 5.92 Å². The van der Waals surface area contributed by atoms with E-state index in [-0.39, 0.29) is 25.1 Å². The summed E-state index contributed by atoms with van der Waals surface area (Å²) in [7, 11) is 0. The zero-order valence-electron chi connectivity index (χ0n) is 16.1. The Hall–Kier alpha value is -2.75. The normalized spacial score (nSPS) is 20.1. The first kappa shape index (κ1) is 19.6. The van der Waals surface area contributed by atoms with E-state index in [2.05, 4.69) is 17.2 Å². The van der Waals surface area contributed by atoms with Gasteiger partial charge in [-0.2, -0.15) is 0 Å². The fourth-order valence-corrected chi connectivity index (χ4v) is 3.80. The molecular formula is C23H24FNO4. The molecule has 0 unspecified atom stereocenters. The van der Waals surface area contributed by atoms with Crippen molar-refractivity contribution < 1.29 is 23.7 Å². The van der Waals surface area contributed by atoms with Crippen molar-refractivity contribution >= 4 is 0 Å². The van der Waals surface area contributed by atoms with Gasteiger partial charge in [0.05, 0.1) is 18.8 Å². The maximum absolute atomic E-state index is 13.3. The number of hydrogen-bond donors (Lipinski definition) is 2. The Balaban J connectivity index is 1.52. The second-order valence-corrected chi connectivity index (χ2v) is 7.20. The number of hydrogen-bond acceptors (Lipinski definition) is 5. The number of aliphatic hydroxyl groups excluding tert-OH is 1. The Morgan fingerprint density at radius 1 is 1.17 bits per heavy atom. The van der Waals surface area contributed by atoms with Crippen LogP contribution in [-0.4, -0.2) is 38.2 Å². The molecule has 2 heterocycles. The van der Waals surface area contributed by atoms with Gasteiger partial charge in [-0.15, -0.1) is 0 Å². The predicted octanol–water partition coefficient (Wildman–Crippen LogP) is 3.06. The topological polar surface area (TPSA) is 60.0 Å². The number of nitrogens with one attached hydrogen (secondary N) is 1. The summed E-state index contributed by atoms with van der Waals surface area (Å²) >= 11 is 0. The van der Waals surface area contributed by atoms with Gasteiger partial charge in [-0.1, -0.05) is 24.0 Å². The van der Waals surface area contributed by atoms with E-state index in [9.17, 15) is 4.39 Å². The summed E-state index contributed by atoms with van der Waals surface area (Å²) in [6.07, 6.45) is 1.37. The van der Waals surface area contributed by atoms with Crippen LogP contribution in [0.4, 0.5) is 4.39 Å². The molecule has 0 spiro atoms. The van der Waals surface area contributed by atoms with E-state index in [0.29, 0.717) is 41.8 Å². The summed E-state index contributed by atoms with van der Waals surface area (Å²) in [4.78, 5) is 0. The largest absolute Gasteiger partial charge is 0.492 e. The molecule has 2 aliphatic rings. The summed E-state index contributed by atoms with van der Waals surface area (Å²) in [5, 5.41) is 12.4. The average Bonchev–Trinajstić information content (AvgIpc) is 3.20. The minimum absolute atomic E-state index is 0.0147. The molecule has 2 aliphatic heterocycles. The van der Waals surface area contributed by atoms with Crippen molar-refractivity contribution in [2.45, 2.75) is 18.8 Å². The number of piperidine rings is 1. The van der Waals surface area contributed by atoms with Crippen LogP contribution in [0.5, 0.6) is 17.2 Å². The van der Waals surface area contributed by atoms with Gasteiger partial charge in [0.1, 0.15) is 11.6 Å². The van der Waals surface area contributed by atoms with Gasteiger partial charge in [0.2, 0.25) is 6.79 Å². The van der Waals surface area contributed by atoms with E-state index >= 15 is 0 Å². The highest BCUT2D eigenvalue weighted by Gasteiger charge is 2.27. The van der Waals surface area contributed by atoms with Crippen molar-refractivity contribution in [1.82, 2.24) is 5.32 Å². The van der Waals surface area contributed by atoms with Gasteiger partial charge in [0.25, 0.3) is 0 Å². The van der Waals surface area contributed by atoms with Crippen molar-refractivity contribution in [3.63, 3.8) is 0 Å². The van der Waals surface area contributed by atoms with Crippen molar-refractivity contribution in [3.05, 3.63) is 53.3 Å². The Morgan fingerprint density at radius 3 is 2.76 bits per heavy atom. The van der Waals surface area contributed by atoms with E-state index in [0.717, 1.165) is 25.1 Å². The maximum atomic E-state index is 13.3. The Labute approximate surface area is 169 Å². The van der Waals surface area contributed by atoms with E-state index in [1.807, 2.05) is 24.3 Å². The molecule has 6 heteroatoms. The molecule has 5 nitrogen and oxygen atoms in total. The molecule has 29 heavy (non-hydrogen) atoms. The number of benzene rings is 2. The lowest BCUT2D eigenvalue weighted by molar-refractivity contribution is 0.173. The minimum atomic E-state index is -0.220. The molecule has 2 aromatic rings. The standard InChI is InChI=1S/C23H24FNO4/c24-19-6-4-16(5-7-19)20-8-9-25-13-18(20)14-27-21-12-23-22(28-15-29-23)11-17(21)3-1-2-10-26/h4-7,11-12,18,20,25-26H,2,8-10,13-15H2/t18-,20-/m0/s1. The van der Waals surface area contributed by atoms with Crippen molar-refractivity contribution in [2.75, 3.05) is 33.1 Å². The predicted molar refractivity (Wildman–Crippen MR) is 107 cm³/mol. The minimum Gasteiger partial charge on any atom is -0.492 e. The first-order valence-electron chi connectivity index (χ1n) is 9.87. The van der Waals surface area contributed by atoms with E-state index < -0.39 is 0 Å². The van der Waals surface area contributed by atoms with Gasteiger partial charge >= 0.3 is 0 Å². The summed E-state index contributed by atoms with van der Waals surface area (Å²) in [6.45, 7) is 2.46. The molecule has 0 aromatic heterocycles. The van der Waals surface area contributed by atoms with Crippen LogP contribution in [0.1, 0.15) is 29.9 Å². The molecule has 0 saturated carbocycles. The molecule has 2 atom stereocenters. The molecule has 0 radical (unpaired) electrons. The maximum Gasteiger partial charge on any atom is 0.231 e. The Bertz CT molecular complexity index is 904. The second-order valence-electron chi connectivity index (χ2n) is 7.20. The van der Waals surface area contributed by atoms with Crippen molar-refractivity contribution in [3.8, 4) is 29.1 Å². The molecule has 0 aliphatic carbocycles. The van der Waals surface area contributed by atoms with Crippen LogP contribution in [0.3, 0.4) is 0 Å². The monoisotopic (exact) mass is 397 g/mol. The molecule has 2 N–H and O–H groups in total. The fourth-order valence-electron chi connectivity index (χ4n) is 3.80. The van der Waals surface area contributed by atoms with Crippen LogP contribution in [0.15, 0.2) is 36.4 Å². The van der Waals surface area contributed by atoms with Crippen LogP contribution in [0.2, 0.25) is 0 Å².